The fraction of sp³-hybridized carbons (Fsp3) is 0.909. The van der Waals surface area contributed by atoms with Crippen LogP contribution < -0.4 is 10.6 Å². The van der Waals surface area contributed by atoms with E-state index in [1.54, 1.807) is 0 Å². The summed E-state index contributed by atoms with van der Waals surface area (Å²) in [6.45, 7) is 6.99. The lowest BCUT2D eigenvalue weighted by Gasteiger charge is -2.20. The van der Waals surface area contributed by atoms with E-state index in [2.05, 4.69) is 31.4 Å². The average Bonchev–Trinajstić information content (AvgIpc) is 2.14. The van der Waals surface area contributed by atoms with E-state index < -0.39 is 21.5 Å². The quantitative estimate of drug-likeness (QED) is 0.649. The van der Waals surface area contributed by atoms with Crippen LogP contribution in [0.2, 0.25) is 0 Å². The summed E-state index contributed by atoms with van der Waals surface area (Å²) in [6, 6.07) is 0. The second kappa shape index (κ2) is 6.96. The number of sulfone groups is 1. The number of rotatable bonds is 7. The molecule has 0 aromatic rings. The zero-order chi connectivity index (χ0) is 13.5. The molecule has 17 heavy (non-hydrogen) atoms. The van der Waals surface area contributed by atoms with E-state index in [0.29, 0.717) is 6.42 Å². The van der Waals surface area contributed by atoms with Crippen molar-refractivity contribution in [2.75, 3.05) is 25.1 Å². The summed E-state index contributed by atoms with van der Waals surface area (Å²) in [7, 11) is -1.81. The largest absolute Gasteiger partial charge is 0.358 e. The van der Waals surface area contributed by atoms with Crippen molar-refractivity contribution in [1.82, 2.24) is 10.6 Å². The van der Waals surface area contributed by atoms with Crippen LogP contribution in [0, 0.1) is 0 Å². The highest BCUT2D eigenvalue weighted by atomic mass is 32.2. The second-order valence-corrected chi connectivity index (χ2v) is 7.33. The van der Waals surface area contributed by atoms with Crippen molar-refractivity contribution >= 4 is 15.7 Å². The topological polar surface area (TPSA) is 75.3 Å². The third-order valence-electron chi connectivity index (χ3n) is 2.17. The zero-order valence-corrected chi connectivity index (χ0v) is 12.0. The van der Waals surface area contributed by atoms with Crippen LogP contribution in [-0.4, -0.2) is 45.0 Å². The molecule has 0 saturated heterocycles. The van der Waals surface area contributed by atoms with Gasteiger partial charge in [0.2, 0.25) is 5.91 Å². The van der Waals surface area contributed by atoms with E-state index >= 15 is 0 Å². The summed E-state index contributed by atoms with van der Waals surface area (Å²) in [4.78, 5) is 10.9. The van der Waals surface area contributed by atoms with E-state index in [4.69, 9.17) is 0 Å². The summed E-state index contributed by atoms with van der Waals surface area (Å²) in [5, 5.41) is 5.60. The van der Waals surface area contributed by atoms with Crippen LogP contribution in [0.25, 0.3) is 0 Å². The van der Waals surface area contributed by atoms with Crippen molar-refractivity contribution in [2.45, 2.75) is 39.2 Å². The van der Waals surface area contributed by atoms with E-state index in [1.165, 1.54) is 7.05 Å². The molecule has 0 aromatic carbocycles. The minimum Gasteiger partial charge on any atom is -0.358 e. The van der Waals surface area contributed by atoms with Gasteiger partial charge in [-0.1, -0.05) is 0 Å². The Kier molecular flexibility index (Phi) is 6.70. The molecule has 0 radical (unpaired) electrons. The van der Waals surface area contributed by atoms with Gasteiger partial charge in [-0.25, -0.2) is 8.42 Å². The van der Waals surface area contributed by atoms with Gasteiger partial charge >= 0.3 is 0 Å². The van der Waals surface area contributed by atoms with Gasteiger partial charge in [-0.2, -0.15) is 0 Å². The minimum absolute atomic E-state index is 0.0565. The van der Waals surface area contributed by atoms with E-state index in [0.717, 1.165) is 13.0 Å². The van der Waals surface area contributed by atoms with Crippen molar-refractivity contribution < 1.29 is 13.2 Å². The molecular formula is C11H24N2O3S. The molecule has 0 spiro atoms. The molecule has 5 nitrogen and oxygen atoms in total. The SMILES string of the molecule is CNC(=O)CS(=O)(=O)CCCCNC(C)(C)C. The number of nitrogens with one attached hydrogen (secondary N) is 2. The molecule has 0 rings (SSSR count). The predicted octanol–water partition coefficient (Wildman–Crippen LogP) is 0.316. The van der Waals surface area contributed by atoms with Gasteiger partial charge in [0.15, 0.2) is 9.84 Å². The molecule has 0 bridgehead atoms. The van der Waals surface area contributed by atoms with Gasteiger partial charge in [-0.05, 0) is 40.2 Å². The zero-order valence-electron chi connectivity index (χ0n) is 11.2. The molecule has 0 saturated carbocycles. The first-order valence-corrected chi connectivity index (χ1v) is 7.64. The average molecular weight is 264 g/mol. The van der Waals surface area contributed by atoms with E-state index in [9.17, 15) is 13.2 Å². The molecule has 0 atom stereocenters. The van der Waals surface area contributed by atoms with Crippen molar-refractivity contribution in [3.8, 4) is 0 Å². The second-order valence-electron chi connectivity index (χ2n) is 5.15. The van der Waals surface area contributed by atoms with Crippen molar-refractivity contribution in [3.05, 3.63) is 0 Å². The lowest BCUT2D eigenvalue weighted by molar-refractivity contribution is -0.118. The number of carbonyl (C=O) groups excluding carboxylic acids is 1. The molecule has 0 aliphatic rings. The fourth-order valence-corrected chi connectivity index (χ4v) is 2.59. The predicted molar refractivity (Wildman–Crippen MR) is 69.7 cm³/mol. The molecule has 6 heteroatoms. The maximum atomic E-state index is 11.5. The standard InChI is InChI=1S/C11H24N2O3S/c1-11(2,3)13-7-5-6-8-17(15,16)9-10(14)12-4/h13H,5-9H2,1-4H3,(H,12,14). The van der Waals surface area contributed by atoms with Crippen LogP contribution in [0.15, 0.2) is 0 Å². The molecule has 0 heterocycles. The fourth-order valence-electron chi connectivity index (χ4n) is 1.25. The van der Waals surface area contributed by atoms with Crippen LogP contribution in [0.5, 0.6) is 0 Å². The number of carbonyl (C=O) groups is 1. The van der Waals surface area contributed by atoms with Crippen molar-refractivity contribution in [1.29, 1.82) is 0 Å². The molecule has 0 aliphatic carbocycles. The number of amides is 1. The highest BCUT2D eigenvalue weighted by Gasteiger charge is 2.15. The maximum Gasteiger partial charge on any atom is 0.234 e. The third-order valence-corrected chi connectivity index (χ3v) is 3.78. The Morgan fingerprint density at radius 1 is 1.18 bits per heavy atom. The molecule has 2 N–H and O–H groups in total. The Morgan fingerprint density at radius 2 is 1.76 bits per heavy atom. The van der Waals surface area contributed by atoms with E-state index in [1.807, 2.05) is 0 Å². The van der Waals surface area contributed by atoms with Gasteiger partial charge in [-0.3, -0.25) is 4.79 Å². The number of hydrogen-bond acceptors (Lipinski definition) is 4. The monoisotopic (exact) mass is 264 g/mol. The van der Waals surface area contributed by atoms with Gasteiger partial charge in [0.05, 0.1) is 5.75 Å². The lowest BCUT2D eigenvalue weighted by Crippen LogP contribution is -2.36. The summed E-state index contributed by atoms with van der Waals surface area (Å²) in [5.74, 6) is -0.777. The Balaban J connectivity index is 3.78. The summed E-state index contributed by atoms with van der Waals surface area (Å²) >= 11 is 0. The Morgan fingerprint density at radius 3 is 2.24 bits per heavy atom. The molecule has 102 valence electrons. The number of unbranched alkanes of at least 4 members (excludes halogenated alkanes) is 1. The maximum absolute atomic E-state index is 11.5. The van der Waals surface area contributed by atoms with Crippen LogP contribution in [0.4, 0.5) is 0 Å². The Hall–Kier alpha value is -0.620. The third kappa shape index (κ3) is 10.3. The minimum atomic E-state index is -3.25. The van der Waals surface area contributed by atoms with Gasteiger partial charge in [0.25, 0.3) is 0 Å². The van der Waals surface area contributed by atoms with Crippen LogP contribution in [0.1, 0.15) is 33.6 Å². The highest BCUT2D eigenvalue weighted by molar-refractivity contribution is 7.92. The summed E-state index contributed by atoms with van der Waals surface area (Å²) in [6.07, 6.45) is 1.38. The van der Waals surface area contributed by atoms with Crippen molar-refractivity contribution in [2.24, 2.45) is 0 Å². The Bertz CT molecular complexity index is 331. The summed E-state index contributed by atoms with van der Waals surface area (Å²) < 4.78 is 23.0. The van der Waals surface area contributed by atoms with Gasteiger partial charge in [0.1, 0.15) is 5.75 Å². The summed E-state index contributed by atoms with van der Waals surface area (Å²) in [5.41, 5.74) is 0.0565. The van der Waals surface area contributed by atoms with E-state index in [-0.39, 0.29) is 11.3 Å². The number of hydrogen-bond donors (Lipinski definition) is 2. The molecular weight excluding hydrogens is 240 g/mol. The normalized spacial score (nSPS) is 12.5. The van der Waals surface area contributed by atoms with Crippen LogP contribution in [0.3, 0.4) is 0 Å². The molecule has 0 aromatic heterocycles. The lowest BCUT2D eigenvalue weighted by atomic mass is 10.1. The Labute approximate surface area is 104 Å². The molecule has 0 aliphatic heterocycles. The smallest absolute Gasteiger partial charge is 0.234 e. The molecule has 1 amide bonds. The molecule has 0 fully saturated rings. The van der Waals surface area contributed by atoms with Crippen LogP contribution >= 0.6 is 0 Å². The van der Waals surface area contributed by atoms with Crippen molar-refractivity contribution in [3.63, 3.8) is 0 Å². The first-order valence-electron chi connectivity index (χ1n) is 5.82. The first-order chi connectivity index (χ1) is 7.66. The van der Waals surface area contributed by atoms with Gasteiger partial charge < -0.3 is 10.6 Å². The van der Waals surface area contributed by atoms with Gasteiger partial charge in [0, 0.05) is 12.6 Å². The highest BCUT2D eigenvalue weighted by Crippen LogP contribution is 2.01. The van der Waals surface area contributed by atoms with Crippen LogP contribution in [-0.2, 0) is 14.6 Å². The first kappa shape index (κ1) is 16.4. The van der Waals surface area contributed by atoms with Gasteiger partial charge in [-0.15, -0.1) is 0 Å². The molecule has 0 unspecified atom stereocenters.